The summed E-state index contributed by atoms with van der Waals surface area (Å²) < 4.78 is 28.4. The Morgan fingerprint density at radius 3 is 2.42 bits per heavy atom. The van der Waals surface area contributed by atoms with E-state index in [1.54, 1.807) is 54.3 Å². The topological polar surface area (TPSA) is 95.6 Å². The molecule has 0 saturated carbocycles. The molecule has 1 heterocycles. The van der Waals surface area contributed by atoms with E-state index < -0.39 is 15.9 Å². The Labute approximate surface area is 193 Å². The van der Waals surface area contributed by atoms with E-state index in [0.717, 1.165) is 17.7 Å². The lowest BCUT2D eigenvalue weighted by Gasteiger charge is -2.17. The molecule has 7 nitrogen and oxygen atoms in total. The lowest BCUT2D eigenvalue weighted by atomic mass is 10.1. The van der Waals surface area contributed by atoms with Crippen molar-refractivity contribution in [1.29, 1.82) is 0 Å². The number of aryl methyl sites for hydroxylation is 2. The number of carbonyl (C=O) groups is 2. The van der Waals surface area contributed by atoms with Gasteiger partial charge < -0.3 is 10.2 Å². The van der Waals surface area contributed by atoms with Crippen LogP contribution in [-0.4, -0.2) is 26.8 Å². The lowest BCUT2D eigenvalue weighted by Crippen LogP contribution is -2.23. The molecule has 0 atom stereocenters. The maximum atomic E-state index is 13.0. The molecule has 8 heteroatoms. The fraction of sp³-hybridized carbons (Fsp3) is 0.200. The van der Waals surface area contributed by atoms with Crippen LogP contribution in [0, 0.1) is 13.8 Å². The van der Waals surface area contributed by atoms with Crippen LogP contribution in [0.2, 0.25) is 0 Å². The van der Waals surface area contributed by atoms with Gasteiger partial charge >= 0.3 is 0 Å². The molecular formula is C25H25N3O4S. The quantitative estimate of drug-likeness (QED) is 0.563. The average Bonchev–Trinajstić information content (AvgIpc) is 3.19. The Hall–Kier alpha value is -3.65. The number of hydrogen-bond acceptors (Lipinski definition) is 4. The zero-order valence-corrected chi connectivity index (χ0v) is 19.3. The van der Waals surface area contributed by atoms with Crippen LogP contribution >= 0.6 is 0 Å². The molecule has 0 aromatic heterocycles. The lowest BCUT2D eigenvalue weighted by molar-refractivity contribution is -0.117. The summed E-state index contributed by atoms with van der Waals surface area (Å²) in [6.07, 6.45) is 1.33. The number of carbonyl (C=O) groups excluding carboxylic acids is 2. The first-order valence-electron chi connectivity index (χ1n) is 10.6. The first kappa shape index (κ1) is 22.5. The van der Waals surface area contributed by atoms with E-state index in [0.29, 0.717) is 29.9 Å². The van der Waals surface area contributed by atoms with Crippen LogP contribution in [0.5, 0.6) is 0 Å². The van der Waals surface area contributed by atoms with Crippen molar-refractivity contribution in [2.75, 3.05) is 21.5 Å². The van der Waals surface area contributed by atoms with Gasteiger partial charge in [0.05, 0.1) is 4.90 Å². The minimum absolute atomic E-state index is 0.00355. The van der Waals surface area contributed by atoms with E-state index >= 15 is 0 Å². The summed E-state index contributed by atoms with van der Waals surface area (Å²) in [4.78, 5) is 26.7. The highest BCUT2D eigenvalue weighted by Gasteiger charge is 2.22. The standard InChI is InChI=1S/C25H25N3O4S/c1-17-6-3-8-20(14-17)27-33(31,32)22-12-11-18(2)23(16-22)25(30)26-19-7-4-9-21(15-19)28-13-5-10-24(28)29/h3-4,6-9,11-12,14-16,27H,5,10,13H2,1-2H3,(H,26,30). The third kappa shape index (κ3) is 5.06. The molecule has 4 rings (SSSR count). The second-order valence-corrected chi connectivity index (χ2v) is 9.79. The summed E-state index contributed by atoms with van der Waals surface area (Å²) in [6.45, 7) is 4.28. The van der Waals surface area contributed by atoms with Crippen molar-refractivity contribution < 1.29 is 18.0 Å². The average molecular weight is 464 g/mol. The maximum absolute atomic E-state index is 13.0. The number of sulfonamides is 1. The number of hydrogen-bond donors (Lipinski definition) is 2. The number of benzene rings is 3. The van der Waals surface area contributed by atoms with E-state index in [1.165, 1.54) is 12.1 Å². The Morgan fingerprint density at radius 1 is 0.939 bits per heavy atom. The molecule has 0 bridgehead atoms. The van der Waals surface area contributed by atoms with Gasteiger partial charge in [-0.3, -0.25) is 14.3 Å². The predicted molar refractivity (Wildman–Crippen MR) is 129 cm³/mol. The summed E-state index contributed by atoms with van der Waals surface area (Å²) in [5.74, 6) is -0.363. The van der Waals surface area contributed by atoms with Crippen molar-refractivity contribution in [3.63, 3.8) is 0 Å². The molecule has 0 radical (unpaired) electrons. The molecule has 3 aromatic rings. The maximum Gasteiger partial charge on any atom is 0.261 e. The highest BCUT2D eigenvalue weighted by atomic mass is 32.2. The smallest absolute Gasteiger partial charge is 0.261 e. The van der Waals surface area contributed by atoms with E-state index in [-0.39, 0.29) is 16.4 Å². The van der Waals surface area contributed by atoms with E-state index in [2.05, 4.69) is 10.0 Å². The van der Waals surface area contributed by atoms with Gasteiger partial charge in [0.25, 0.3) is 15.9 Å². The molecule has 2 N–H and O–H groups in total. The van der Waals surface area contributed by atoms with Gasteiger partial charge in [-0.2, -0.15) is 0 Å². The van der Waals surface area contributed by atoms with E-state index in [1.807, 2.05) is 19.1 Å². The Balaban J connectivity index is 1.56. The molecule has 1 aliphatic heterocycles. The fourth-order valence-electron chi connectivity index (χ4n) is 3.81. The molecule has 0 spiro atoms. The van der Waals surface area contributed by atoms with Gasteiger partial charge in [0.2, 0.25) is 5.91 Å². The number of nitrogens with zero attached hydrogens (tertiary/aromatic N) is 1. The van der Waals surface area contributed by atoms with Crippen LogP contribution in [0.25, 0.3) is 0 Å². The summed E-state index contributed by atoms with van der Waals surface area (Å²) >= 11 is 0. The SMILES string of the molecule is Cc1cccc(NS(=O)(=O)c2ccc(C)c(C(=O)Nc3cccc(N4CCCC4=O)c3)c2)c1. The molecule has 3 aromatic carbocycles. The fourth-order valence-corrected chi connectivity index (χ4v) is 4.88. The summed E-state index contributed by atoms with van der Waals surface area (Å²) in [7, 11) is -3.87. The van der Waals surface area contributed by atoms with Crippen molar-refractivity contribution in [1.82, 2.24) is 0 Å². The zero-order chi connectivity index (χ0) is 23.6. The third-order valence-corrected chi connectivity index (χ3v) is 6.90. The van der Waals surface area contributed by atoms with Crippen molar-refractivity contribution in [2.24, 2.45) is 0 Å². The largest absolute Gasteiger partial charge is 0.322 e. The first-order valence-corrected chi connectivity index (χ1v) is 12.1. The van der Waals surface area contributed by atoms with Crippen molar-refractivity contribution in [3.8, 4) is 0 Å². The third-order valence-electron chi connectivity index (χ3n) is 5.52. The number of amides is 2. The molecule has 1 fully saturated rings. The highest BCUT2D eigenvalue weighted by Crippen LogP contribution is 2.25. The summed E-state index contributed by atoms with van der Waals surface area (Å²) in [5, 5.41) is 2.82. The minimum Gasteiger partial charge on any atom is -0.322 e. The molecule has 170 valence electrons. The molecule has 0 unspecified atom stereocenters. The molecule has 2 amide bonds. The van der Waals surface area contributed by atoms with Gasteiger partial charge in [-0.15, -0.1) is 0 Å². The second-order valence-electron chi connectivity index (χ2n) is 8.11. The van der Waals surface area contributed by atoms with Gasteiger partial charge in [-0.25, -0.2) is 8.42 Å². The van der Waals surface area contributed by atoms with Crippen LogP contribution in [-0.2, 0) is 14.8 Å². The molecule has 0 aliphatic carbocycles. The first-order chi connectivity index (χ1) is 15.7. The highest BCUT2D eigenvalue weighted by molar-refractivity contribution is 7.92. The Kier molecular flexibility index (Phi) is 6.20. The van der Waals surface area contributed by atoms with Gasteiger partial charge in [0, 0.05) is 35.6 Å². The number of anilines is 3. The van der Waals surface area contributed by atoms with Gasteiger partial charge in [-0.1, -0.05) is 24.3 Å². The molecular weight excluding hydrogens is 438 g/mol. The van der Waals surface area contributed by atoms with E-state index in [9.17, 15) is 18.0 Å². The van der Waals surface area contributed by atoms with Gasteiger partial charge in [0.15, 0.2) is 0 Å². The molecule has 1 saturated heterocycles. The second kappa shape index (κ2) is 9.07. The zero-order valence-electron chi connectivity index (χ0n) is 18.5. The van der Waals surface area contributed by atoms with Gasteiger partial charge in [-0.05, 0) is 73.9 Å². The van der Waals surface area contributed by atoms with Crippen LogP contribution < -0.4 is 14.9 Å². The predicted octanol–water partition coefficient (Wildman–Crippen LogP) is 4.48. The Bertz CT molecular complexity index is 1330. The molecule has 1 aliphatic rings. The van der Waals surface area contributed by atoms with Crippen LogP contribution in [0.15, 0.2) is 71.6 Å². The van der Waals surface area contributed by atoms with E-state index in [4.69, 9.17) is 0 Å². The van der Waals surface area contributed by atoms with Gasteiger partial charge in [0.1, 0.15) is 0 Å². The minimum atomic E-state index is -3.87. The monoisotopic (exact) mass is 463 g/mol. The number of rotatable bonds is 6. The van der Waals surface area contributed by atoms with Crippen LogP contribution in [0.4, 0.5) is 17.1 Å². The van der Waals surface area contributed by atoms with Crippen molar-refractivity contribution in [2.45, 2.75) is 31.6 Å². The van der Waals surface area contributed by atoms with Crippen molar-refractivity contribution in [3.05, 3.63) is 83.4 Å². The summed E-state index contributed by atoms with van der Waals surface area (Å²) in [6, 6.07) is 18.6. The van der Waals surface area contributed by atoms with Crippen molar-refractivity contribution >= 4 is 38.9 Å². The van der Waals surface area contributed by atoms with Crippen LogP contribution in [0.3, 0.4) is 0 Å². The summed E-state index contributed by atoms with van der Waals surface area (Å²) in [5.41, 5.74) is 3.54. The number of nitrogens with one attached hydrogen (secondary N) is 2. The normalized spacial score (nSPS) is 13.8. The molecule has 33 heavy (non-hydrogen) atoms. The Morgan fingerprint density at radius 2 is 1.70 bits per heavy atom. The van der Waals surface area contributed by atoms with Crippen LogP contribution in [0.1, 0.15) is 34.3 Å².